The summed E-state index contributed by atoms with van der Waals surface area (Å²) in [6, 6.07) is 8.85. The Morgan fingerprint density at radius 3 is 2.52 bits per heavy atom. The average Bonchev–Trinajstić information content (AvgIpc) is 3.16. The summed E-state index contributed by atoms with van der Waals surface area (Å²) < 4.78 is 6.82. The van der Waals surface area contributed by atoms with E-state index in [4.69, 9.17) is 16.3 Å². The molecule has 2 N–H and O–H groups in total. The molecule has 0 saturated heterocycles. The molecule has 4 aromatic rings. The Morgan fingerprint density at radius 2 is 1.90 bits per heavy atom. The number of hydrogen-bond donors (Lipinski definition) is 2. The van der Waals surface area contributed by atoms with Gasteiger partial charge < -0.3 is 19.5 Å². The molecule has 1 atom stereocenters. The first kappa shape index (κ1) is 19.2. The van der Waals surface area contributed by atoms with Gasteiger partial charge in [-0.25, -0.2) is 9.97 Å². The molecule has 0 aliphatic rings. The lowest BCUT2D eigenvalue weighted by atomic mass is 9.83. The maximum absolute atomic E-state index is 12.0. The van der Waals surface area contributed by atoms with Crippen molar-refractivity contribution in [1.29, 1.82) is 0 Å². The molecule has 1 aromatic carbocycles. The molecule has 148 valence electrons. The number of aryl methyl sites for hydroxylation is 2. The molecule has 0 radical (unpaired) electrons. The number of hydrogen-bond acceptors (Lipinski definition) is 6. The van der Waals surface area contributed by atoms with Crippen LogP contribution in [0.5, 0.6) is 11.6 Å². The number of methoxy groups -OCH3 is 1. The number of ether oxygens (including phenoxy) is 1. The van der Waals surface area contributed by atoms with E-state index in [1.54, 1.807) is 48.5 Å². The average molecular weight is 411 g/mol. The predicted molar refractivity (Wildman–Crippen MR) is 109 cm³/mol. The maximum atomic E-state index is 12.0. The number of benzene rings is 1. The monoisotopic (exact) mass is 410 g/mol. The van der Waals surface area contributed by atoms with E-state index in [1.807, 2.05) is 19.1 Å². The van der Waals surface area contributed by atoms with Crippen molar-refractivity contribution >= 4 is 22.5 Å². The fourth-order valence-electron chi connectivity index (χ4n) is 3.41. The van der Waals surface area contributed by atoms with Crippen LogP contribution in [0.25, 0.3) is 10.9 Å². The molecule has 3 heterocycles. The Labute approximate surface area is 172 Å². The Kier molecular flexibility index (Phi) is 4.64. The second-order valence-electron chi connectivity index (χ2n) is 6.80. The van der Waals surface area contributed by atoms with Crippen molar-refractivity contribution in [2.45, 2.75) is 12.5 Å². The third-order valence-electron chi connectivity index (χ3n) is 4.99. The Bertz CT molecular complexity index is 1210. The third kappa shape index (κ3) is 2.99. The van der Waals surface area contributed by atoms with E-state index in [-0.39, 0.29) is 16.7 Å². The van der Waals surface area contributed by atoms with E-state index in [0.29, 0.717) is 27.7 Å². The number of halogens is 1. The summed E-state index contributed by atoms with van der Waals surface area (Å²) in [5.74, 6) is -0.209. The Morgan fingerprint density at radius 1 is 1.14 bits per heavy atom. The molecule has 0 fully saturated rings. The van der Waals surface area contributed by atoms with Crippen LogP contribution in [0.15, 0.2) is 49.1 Å². The number of aromatic nitrogens is 4. The van der Waals surface area contributed by atoms with Gasteiger partial charge in [-0.15, -0.1) is 0 Å². The summed E-state index contributed by atoms with van der Waals surface area (Å²) in [5, 5.41) is 22.8. The first-order valence-electron chi connectivity index (χ1n) is 8.85. The van der Waals surface area contributed by atoms with Crippen LogP contribution in [0.4, 0.5) is 0 Å². The summed E-state index contributed by atoms with van der Waals surface area (Å²) >= 11 is 6.37. The molecule has 8 heteroatoms. The molecule has 0 aliphatic carbocycles. The smallest absolute Gasteiger partial charge is 0.258 e. The fraction of sp³-hybridized carbons (Fsp3) is 0.190. The fourth-order valence-corrected chi connectivity index (χ4v) is 3.64. The molecule has 0 aliphatic heterocycles. The molecule has 29 heavy (non-hydrogen) atoms. The van der Waals surface area contributed by atoms with E-state index in [1.165, 1.54) is 7.11 Å². The first-order valence-corrected chi connectivity index (χ1v) is 9.23. The van der Waals surface area contributed by atoms with Gasteiger partial charge in [-0.05, 0) is 30.7 Å². The van der Waals surface area contributed by atoms with E-state index in [2.05, 4.69) is 15.0 Å². The quantitative estimate of drug-likeness (QED) is 0.536. The number of rotatable bonds is 4. The van der Waals surface area contributed by atoms with Gasteiger partial charge in [0.1, 0.15) is 0 Å². The minimum atomic E-state index is -1.54. The zero-order valence-corrected chi connectivity index (χ0v) is 16.8. The minimum absolute atomic E-state index is 0.0416. The van der Waals surface area contributed by atoms with E-state index >= 15 is 0 Å². The van der Waals surface area contributed by atoms with Crippen LogP contribution in [0.1, 0.15) is 22.5 Å². The summed E-state index contributed by atoms with van der Waals surface area (Å²) in [7, 11) is 3.21. The largest absolute Gasteiger partial charge is 0.502 e. The molecule has 0 amide bonds. The molecule has 3 aromatic heterocycles. The molecular weight excluding hydrogens is 392 g/mol. The van der Waals surface area contributed by atoms with Crippen molar-refractivity contribution in [2.75, 3.05) is 7.11 Å². The van der Waals surface area contributed by atoms with Gasteiger partial charge in [0.15, 0.2) is 11.4 Å². The van der Waals surface area contributed by atoms with Crippen LogP contribution in [0, 0.1) is 6.92 Å². The van der Waals surface area contributed by atoms with Gasteiger partial charge in [-0.3, -0.25) is 4.98 Å². The van der Waals surface area contributed by atoms with E-state index in [9.17, 15) is 10.2 Å². The van der Waals surface area contributed by atoms with Crippen molar-refractivity contribution in [1.82, 2.24) is 19.5 Å². The van der Waals surface area contributed by atoms with Gasteiger partial charge in [-0.1, -0.05) is 23.7 Å². The van der Waals surface area contributed by atoms with Gasteiger partial charge >= 0.3 is 0 Å². The van der Waals surface area contributed by atoms with Crippen molar-refractivity contribution in [2.24, 2.45) is 7.05 Å². The Balaban J connectivity index is 2.01. The van der Waals surface area contributed by atoms with Crippen molar-refractivity contribution in [3.8, 4) is 11.6 Å². The number of nitrogens with zero attached hydrogens (tertiary/aromatic N) is 4. The molecular formula is C21H19ClN4O3. The highest BCUT2D eigenvalue weighted by Crippen LogP contribution is 2.41. The van der Waals surface area contributed by atoms with Gasteiger partial charge in [-0.2, -0.15) is 0 Å². The van der Waals surface area contributed by atoms with E-state index < -0.39 is 5.60 Å². The lowest BCUT2D eigenvalue weighted by Gasteiger charge is -2.29. The zero-order valence-electron chi connectivity index (χ0n) is 16.1. The van der Waals surface area contributed by atoms with Crippen molar-refractivity contribution < 1.29 is 14.9 Å². The normalized spacial score (nSPS) is 13.4. The number of aliphatic hydroxyl groups is 1. The Hall–Kier alpha value is -3.16. The SMILES string of the molecule is COc1nc2ccc(C(O)(c3ccc(C)nc3)c3cncn3C)cc2c(Cl)c1O. The van der Waals surface area contributed by atoms with Crippen LogP contribution < -0.4 is 4.74 Å². The molecule has 0 spiro atoms. The van der Waals surface area contributed by atoms with Gasteiger partial charge in [0.25, 0.3) is 5.88 Å². The standard InChI is InChI=1S/C21H19ClN4O3/c1-12-4-5-14(9-24-12)21(28,17-10-23-11-26(17)2)13-6-7-16-15(8-13)18(22)19(27)20(25-16)29-3/h4-11,27-28H,1-3H3. The van der Waals surface area contributed by atoms with Crippen molar-refractivity contribution in [3.05, 3.63) is 76.6 Å². The van der Waals surface area contributed by atoms with Gasteiger partial charge in [0.05, 0.1) is 35.9 Å². The second kappa shape index (κ2) is 7.02. The molecule has 7 nitrogen and oxygen atoms in total. The molecule has 0 saturated carbocycles. The molecule has 0 bridgehead atoms. The van der Waals surface area contributed by atoms with Gasteiger partial charge in [0.2, 0.25) is 0 Å². The van der Waals surface area contributed by atoms with Crippen LogP contribution in [-0.2, 0) is 12.6 Å². The lowest BCUT2D eigenvalue weighted by Crippen LogP contribution is -2.31. The summed E-state index contributed by atoms with van der Waals surface area (Å²) in [5.41, 5.74) is 1.50. The lowest BCUT2D eigenvalue weighted by molar-refractivity contribution is 0.117. The number of fused-ring (bicyclic) bond motifs is 1. The molecule has 4 rings (SSSR count). The summed E-state index contributed by atoms with van der Waals surface area (Å²) in [6.07, 6.45) is 4.86. The highest BCUT2D eigenvalue weighted by atomic mass is 35.5. The molecule has 1 unspecified atom stereocenters. The maximum Gasteiger partial charge on any atom is 0.258 e. The number of pyridine rings is 2. The van der Waals surface area contributed by atoms with Crippen LogP contribution in [0.3, 0.4) is 0 Å². The number of aromatic hydroxyl groups is 1. The first-order chi connectivity index (χ1) is 13.9. The summed E-state index contributed by atoms with van der Waals surface area (Å²) in [4.78, 5) is 12.8. The summed E-state index contributed by atoms with van der Waals surface area (Å²) in [6.45, 7) is 1.88. The van der Waals surface area contributed by atoms with Crippen LogP contribution >= 0.6 is 11.6 Å². The van der Waals surface area contributed by atoms with Crippen LogP contribution in [0.2, 0.25) is 5.02 Å². The highest BCUT2D eigenvalue weighted by Gasteiger charge is 2.37. The topological polar surface area (TPSA) is 93.3 Å². The van der Waals surface area contributed by atoms with Crippen molar-refractivity contribution in [3.63, 3.8) is 0 Å². The van der Waals surface area contributed by atoms with Gasteiger partial charge in [0, 0.05) is 29.9 Å². The third-order valence-corrected chi connectivity index (χ3v) is 5.38. The highest BCUT2D eigenvalue weighted by molar-refractivity contribution is 6.37. The zero-order chi connectivity index (χ0) is 20.8. The van der Waals surface area contributed by atoms with E-state index in [0.717, 1.165) is 5.69 Å². The predicted octanol–water partition coefficient (Wildman–Crippen LogP) is 3.32. The number of imidazole rings is 1. The van der Waals surface area contributed by atoms with Crippen LogP contribution in [-0.4, -0.2) is 36.8 Å². The minimum Gasteiger partial charge on any atom is -0.502 e. The second-order valence-corrected chi connectivity index (χ2v) is 7.18.